The van der Waals surface area contributed by atoms with E-state index in [1.807, 2.05) is 0 Å². The molecule has 4 heteroatoms. The zero-order valence-corrected chi connectivity index (χ0v) is 7.07. The van der Waals surface area contributed by atoms with Crippen molar-refractivity contribution < 1.29 is 9.21 Å². The zero-order chi connectivity index (χ0) is 9.26. The van der Waals surface area contributed by atoms with Gasteiger partial charge in [-0.15, -0.1) is 0 Å². The number of aromatic nitrogens is 2. The highest BCUT2D eigenvalue weighted by atomic mass is 16.3. The molecule has 0 aliphatic carbocycles. The summed E-state index contributed by atoms with van der Waals surface area (Å²) in [4.78, 5) is 17.5. The van der Waals surface area contributed by atoms with Crippen LogP contribution in [0.1, 0.15) is 16.2 Å². The van der Waals surface area contributed by atoms with E-state index in [0.29, 0.717) is 17.3 Å². The van der Waals surface area contributed by atoms with Gasteiger partial charge in [-0.05, 0) is 19.1 Å². The van der Waals surface area contributed by atoms with Gasteiger partial charge in [0.1, 0.15) is 5.69 Å². The molecule has 0 fully saturated rings. The van der Waals surface area contributed by atoms with Crippen molar-refractivity contribution in [3.8, 4) is 11.6 Å². The number of furan rings is 1. The summed E-state index contributed by atoms with van der Waals surface area (Å²) in [7, 11) is 0. The second-order valence-corrected chi connectivity index (χ2v) is 2.69. The number of hydrogen-bond acceptors (Lipinski definition) is 3. The monoisotopic (exact) mass is 176 g/mol. The van der Waals surface area contributed by atoms with Crippen LogP contribution >= 0.6 is 0 Å². The predicted molar refractivity (Wildman–Crippen MR) is 46.4 cm³/mol. The Hall–Kier alpha value is -1.84. The summed E-state index contributed by atoms with van der Waals surface area (Å²) in [5.74, 6) is 1.22. The molecule has 1 N–H and O–H groups in total. The van der Waals surface area contributed by atoms with Crippen molar-refractivity contribution in [1.82, 2.24) is 9.97 Å². The van der Waals surface area contributed by atoms with Gasteiger partial charge in [-0.1, -0.05) is 0 Å². The maximum absolute atomic E-state index is 10.5. The third-order valence-corrected chi connectivity index (χ3v) is 1.79. The van der Waals surface area contributed by atoms with Gasteiger partial charge >= 0.3 is 0 Å². The third kappa shape index (κ3) is 1.26. The molecule has 66 valence electrons. The van der Waals surface area contributed by atoms with E-state index in [0.717, 1.165) is 12.0 Å². The summed E-state index contributed by atoms with van der Waals surface area (Å²) < 4.78 is 5.12. The molecule has 0 spiro atoms. The minimum atomic E-state index is 0.423. The van der Waals surface area contributed by atoms with Crippen molar-refractivity contribution in [3.05, 3.63) is 29.8 Å². The van der Waals surface area contributed by atoms with Crippen LogP contribution in [0.2, 0.25) is 0 Å². The van der Waals surface area contributed by atoms with E-state index in [9.17, 15) is 4.79 Å². The number of carbonyl (C=O) groups is 1. The first kappa shape index (κ1) is 7.79. The van der Waals surface area contributed by atoms with Crippen LogP contribution in [-0.4, -0.2) is 16.3 Å². The minimum Gasteiger partial charge on any atom is -0.461 e. The highest BCUT2D eigenvalue weighted by Gasteiger charge is 2.08. The molecule has 0 bridgehead atoms. The average molecular weight is 176 g/mol. The molecule has 2 rings (SSSR count). The van der Waals surface area contributed by atoms with E-state index >= 15 is 0 Å². The van der Waals surface area contributed by atoms with Gasteiger partial charge in [0, 0.05) is 5.69 Å². The molecule has 0 saturated carbocycles. The smallest absolute Gasteiger partial charge is 0.174 e. The average Bonchev–Trinajstić information content (AvgIpc) is 2.71. The van der Waals surface area contributed by atoms with Gasteiger partial charge in [0.05, 0.1) is 6.26 Å². The zero-order valence-electron chi connectivity index (χ0n) is 7.07. The molecule has 2 aromatic heterocycles. The van der Waals surface area contributed by atoms with Gasteiger partial charge in [-0.25, -0.2) is 4.98 Å². The van der Waals surface area contributed by atoms with Crippen molar-refractivity contribution in [2.75, 3.05) is 0 Å². The lowest BCUT2D eigenvalue weighted by Crippen LogP contribution is -1.81. The largest absolute Gasteiger partial charge is 0.461 e. The summed E-state index contributed by atoms with van der Waals surface area (Å²) in [5, 5.41) is 0. The van der Waals surface area contributed by atoms with Crippen LogP contribution in [0, 0.1) is 6.92 Å². The number of aryl methyl sites for hydroxylation is 1. The van der Waals surface area contributed by atoms with Crippen molar-refractivity contribution in [2.45, 2.75) is 6.92 Å². The normalized spacial score (nSPS) is 10.2. The Morgan fingerprint density at radius 3 is 3.00 bits per heavy atom. The van der Waals surface area contributed by atoms with Crippen molar-refractivity contribution in [1.29, 1.82) is 0 Å². The fourth-order valence-electron chi connectivity index (χ4n) is 1.12. The number of imidazole rings is 1. The summed E-state index contributed by atoms with van der Waals surface area (Å²) in [6, 6.07) is 3.56. The molecule has 2 heterocycles. The summed E-state index contributed by atoms with van der Waals surface area (Å²) in [6.07, 6.45) is 2.28. The first-order valence-electron chi connectivity index (χ1n) is 3.87. The van der Waals surface area contributed by atoms with Crippen LogP contribution in [0.15, 0.2) is 22.8 Å². The molecule has 0 saturated heterocycles. The van der Waals surface area contributed by atoms with E-state index in [-0.39, 0.29) is 0 Å². The van der Waals surface area contributed by atoms with Gasteiger partial charge in [-0.3, -0.25) is 4.79 Å². The number of nitrogens with one attached hydrogen (secondary N) is 1. The molecule has 4 nitrogen and oxygen atoms in total. The quantitative estimate of drug-likeness (QED) is 0.709. The molecule has 0 aromatic carbocycles. The Morgan fingerprint density at radius 2 is 2.46 bits per heavy atom. The minimum absolute atomic E-state index is 0.423. The second kappa shape index (κ2) is 2.90. The maximum atomic E-state index is 10.5. The van der Waals surface area contributed by atoms with Crippen LogP contribution in [0.5, 0.6) is 0 Å². The van der Waals surface area contributed by atoms with E-state index < -0.39 is 0 Å². The van der Waals surface area contributed by atoms with Crippen molar-refractivity contribution in [2.24, 2.45) is 0 Å². The Kier molecular flexibility index (Phi) is 1.73. The van der Waals surface area contributed by atoms with E-state index in [1.165, 1.54) is 0 Å². The SMILES string of the molecule is Cc1[nH]c(-c2ccco2)nc1C=O. The molecule has 13 heavy (non-hydrogen) atoms. The molecule has 0 aliphatic rings. The first-order chi connectivity index (χ1) is 6.31. The Labute approximate surface area is 74.6 Å². The predicted octanol–water partition coefficient (Wildman–Crippen LogP) is 1.79. The van der Waals surface area contributed by atoms with Gasteiger partial charge in [0.15, 0.2) is 17.9 Å². The van der Waals surface area contributed by atoms with Gasteiger partial charge in [-0.2, -0.15) is 0 Å². The van der Waals surface area contributed by atoms with Crippen LogP contribution in [0.25, 0.3) is 11.6 Å². The van der Waals surface area contributed by atoms with E-state index in [1.54, 1.807) is 25.3 Å². The van der Waals surface area contributed by atoms with Crippen LogP contribution in [-0.2, 0) is 0 Å². The standard InChI is InChI=1S/C9H8N2O2/c1-6-7(5-12)11-9(10-6)8-3-2-4-13-8/h2-5H,1H3,(H,10,11). The highest BCUT2D eigenvalue weighted by Crippen LogP contribution is 2.17. The second-order valence-electron chi connectivity index (χ2n) is 2.69. The van der Waals surface area contributed by atoms with E-state index in [2.05, 4.69) is 9.97 Å². The van der Waals surface area contributed by atoms with Gasteiger partial charge in [0.2, 0.25) is 0 Å². The number of carbonyl (C=O) groups excluding carboxylic acids is 1. The Bertz CT molecular complexity index is 415. The fourth-order valence-corrected chi connectivity index (χ4v) is 1.12. The Morgan fingerprint density at radius 1 is 1.62 bits per heavy atom. The molecular formula is C9H8N2O2. The number of aromatic amines is 1. The summed E-state index contributed by atoms with van der Waals surface area (Å²) in [6.45, 7) is 1.79. The topological polar surface area (TPSA) is 58.9 Å². The molecule has 0 atom stereocenters. The van der Waals surface area contributed by atoms with E-state index in [4.69, 9.17) is 4.42 Å². The lowest BCUT2D eigenvalue weighted by atomic mass is 10.4. The molecular weight excluding hydrogens is 168 g/mol. The molecule has 0 amide bonds. The summed E-state index contributed by atoms with van der Waals surface area (Å²) >= 11 is 0. The lowest BCUT2D eigenvalue weighted by Gasteiger charge is -1.86. The Balaban J connectivity index is 2.48. The molecule has 2 aromatic rings. The molecule has 0 radical (unpaired) electrons. The first-order valence-corrected chi connectivity index (χ1v) is 3.87. The highest BCUT2D eigenvalue weighted by molar-refractivity contribution is 5.75. The van der Waals surface area contributed by atoms with Gasteiger partial charge < -0.3 is 9.40 Å². The number of rotatable bonds is 2. The van der Waals surface area contributed by atoms with Crippen LogP contribution < -0.4 is 0 Å². The van der Waals surface area contributed by atoms with Crippen molar-refractivity contribution in [3.63, 3.8) is 0 Å². The van der Waals surface area contributed by atoms with Gasteiger partial charge in [0.25, 0.3) is 0 Å². The number of aldehydes is 1. The fraction of sp³-hybridized carbons (Fsp3) is 0.111. The molecule has 0 aliphatic heterocycles. The molecule has 0 unspecified atom stereocenters. The van der Waals surface area contributed by atoms with Crippen molar-refractivity contribution >= 4 is 6.29 Å². The number of hydrogen-bond donors (Lipinski definition) is 1. The van der Waals surface area contributed by atoms with Crippen LogP contribution in [0.3, 0.4) is 0 Å². The lowest BCUT2D eigenvalue weighted by molar-refractivity contribution is 0.111. The number of nitrogens with zero attached hydrogens (tertiary/aromatic N) is 1. The van der Waals surface area contributed by atoms with Crippen LogP contribution in [0.4, 0.5) is 0 Å². The number of H-pyrrole nitrogens is 1. The summed E-state index contributed by atoms with van der Waals surface area (Å²) in [5.41, 5.74) is 1.17. The third-order valence-electron chi connectivity index (χ3n) is 1.79. The maximum Gasteiger partial charge on any atom is 0.174 e.